The molecule has 2 amide bonds. The molecule has 0 radical (unpaired) electrons. The predicted molar refractivity (Wildman–Crippen MR) is 173 cm³/mol. The first kappa shape index (κ1) is 34.0. The number of carbonyl (C=O) groups excluding carboxylic acids is 3. The van der Waals surface area contributed by atoms with Crippen molar-refractivity contribution in [2.45, 2.75) is 59.0 Å². The number of esters is 1. The average molecular weight is 643 g/mol. The number of hydrogen-bond donors (Lipinski definition) is 3. The van der Waals surface area contributed by atoms with Gasteiger partial charge in [-0.25, -0.2) is 9.78 Å². The Labute approximate surface area is 269 Å². The van der Waals surface area contributed by atoms with Gasteiger partial charge >= 0.3 is 12.1 Å². The van der Waals surface area contributed by atoms with Crippen LogP contribution in [0.25, 0.3) is 0 Å². The lowest BCUT2D eigenvalue weighted by atomic mass is 9.97. The molecule has 0 atom stereocenters. The first-order chi connectivity index (χ1) is 21.4. The van der Waals surface area contributed by atoms with Crippen LogP contribution in [0.5, 0.6) is 5.75 Å². The number of carbonyl (C=O) groups is 3. The minimum atomic E-state index is -0.628. The van der Waals surface area contributed by atoms with Crippen LogP contribution >= 0.6 is 11.6 Å². The number of benzene rings is 1. The maximum absolute atomic E-state index is 13.0. The Kier molecular flexibility index (Phi) is 11.3. The molecule has 2 aromatic rings. The monoisotopic (exact) mass is 642 g/mol. The van der Waals surface area contributed by atoms with Crippen molar-refractivity contribution in [1.29, 1.82) is 5.41 Å². The summed E-state index contributed by atoms with van der Waals surface area (Å²) in [6, 6.07) is 5.24. The van der Waals surface area contributed by atoms with Crippen LogP contribution in [0.3, 0.4) is 0 Å². The second-order valence-electron chi connectivity index (χ2n) is 12.1. The Balaban J connectivity index is 1.44. The number of piperidine rings is 1. The number of pyridine rings is 1. The highest BCUT2D eigenvalue weighted by Gasteiger charge is 2.29. The van der Waals surface area contributed by atoms with Gasteiger partial charge < -0.3 is 29.7 Å². The van der Waals surface area contributed by atoms with Crippen molar-refractivity contribution in [3.05, 3.63) is 40.7 Å². The molecule has 4 rings (SSSR count). The van der Waals surface area contributed by atoms with Crippen LogP contribution in [0.4, 0.5) is 21.9 Å². The fraction of sp³-hybridized carbons (Fsp3) is 0.531. The fourth-order valence-corrected chi connectivity index (χ4v) is 5.61. The number of nitrogens with one attached hydrogen (secondary N) is 3. The zero-order valence-electron chi connectivity index (χ0n) is 26.6. The first-order valence-corrected chi connectivity index (χ1v) is 15.7. The summed E-state index contributed by atoms with van der Waals surface area (Å²) in [5.74, 6) is -0.305. The second-order valence-corrected chi connectivity index (χ2v) is 12.5. The summed E-state index contributed by atoms with van der Waals surface area (Å²) >= 11 is 6.23. The van der Waals surface area contributed by atoms with Crippen LogP contribution in [0.15, 0.2) is 24.4 Å². The van der Waals surface area contributed by atoms with Gasteiger partial charge in [-0.15, -0.1) is 0 Å². The summed E-state index contributed by atoms with van der Waals surface area (Å²) in [7, 11) is 1.53. The van der Waals surface area contributed by atoms with Gasteiger partial charge in [0, 0.05) is 37.5 Å². The Morgan fingerprint density at radius 2 is 1.84 bits per heavy atom. The lowest BCUT2D eigenvalue weighted by Crippen LogP contribution is -2.42. The molecule has 1 aromatic carbocycles. The van der Waals surface area contributed by atoms with Crippen molar-refractivity contribution in [3.8, 4) is 5.75 Å². The molecular formula is C32H43ClN6O6. The molecule has 244 valence electrons. The molecule has 45 heavy (non-hydrogen) atoms. The molecule has 2 aliphatic rings. The number of aryl methyl sites for hydroxylation is 1. The molecule has 0 spiro atoms. The third-order valence-corrected chi connectivity index (χ3v) is 7.90. The lowest BCUT2D eigenvalue weighted by molar-refractivity contribution is -0.149. The number of anilines is 3. The van der Waals surface area contributed by atoms with Crippen LogP contribution in [-0.4, -0.2) is 85.6 Å². The first-order valence-electron chi connectivity index (χ1n) is 15.3. The van der Waals surface area contributed by atoms with E-state index >= 15 is 0 Å². The standard InChI is InChI=1S/C32H43ClN6O6/c1-6-44-30(41)20-9-13-38(14-10-20)15-11-35-29(40)28(34)22-19-36-27(33)17-23(22)37-24-16-21-8-7-12-39(25(21)18-26(24)43-5)31(42)45-32(2,3)4/h16-20,34H,6-15H2,1-5H3,(H,35,40)(H,36,37). The minimum Gasteiger partial charge on any atom is -0.494 e. The number of nitrogens with zero attached hydrogens (tertiary/aromatic N) is 3. The van der Waals surface area contributed by atoms with Gasteiger partial charge in [-0.3, -0.25) is 19.9 Å². The van der Waals surface area contributed by atoms with Gasteiger partial charge in [0.1, 0.15) is 22.2 Å². The third kappa shape index (κ3) is 8.85. The molecule has 1 fully saturated rings. The Morgan fingerprint density at radius 3 is 2.51 bits per heavy atom. The van der Waals surface area contributed by atoms with Crippen LogP contribution in [-0.2, 0) is 25.5 Å². The Hall–Kier alpha value is -3.90. The quantitative estimate of drug-likeness (QED) is 0.186. The van der Waals surface area contributed by atoms with Gasteiger partial charge in [0.05, 0.1) is 36.7 Å². The third-order valence-electron chi connectivity index (χ3n) is 7.69. The Bertz CT molecular complexity index is 1420. The summed E-state index contributed by atoms with van der Waals surface area (Å²) in [6.45, 7) is 10.6. The molecule has 3 heterocycles. The number of methoxy groups -OCH3 is 1. The molecule has 0 unspecified atom stereocenters. The number of ether oxygens (including phenoxy) is 3. The van der Waals surface area contributed by atoms with E-state index in [1.54, 1.807) is 24.0 Å². The van der Waals surface area contributed by atoms with Crippen LogP contribution in [0.1, 0.15) is 58.1 Å². The number of halogens is 1. The van der Waals surface area contributed by atoms with Crippen molar-refractivity contribution in [3.63, 3.8) is 0 Å². The maximum atomic E-state index is 13.0. The predicted octanol–water partition coefficient (Wildman–Crippen LogP) is 4.93. The highest BCUT2D eigenvalue weighted by atomic mass is 35.5. The van der Waals surface area contributed by atoms with Crippen LogP contribution < -0.4 is 20.3 Å². The van der Waals surface area contributed by atoms with Crippen LogP contribution in [0.2, 0.25) is 5.15 Å². The largest absolute Gasteiger partial charge is 0.494 e. The zero-order valence-corrected chi connectivity index (χ0v) is 27.4. The van der Waals surface area contributed by atoms with Gasteiger partial charge in [-0.05, 0) is 84.2 Å². The SMILES string of the molecule is CCOC(=O)C1CCN(CCNC(=O)C(=N)c2cnc(Cl)cc2Nc2cc3c(cc2OC)N(C(=O)OC(C)(C)C)CCC3)CC1. The van der Waals surface area contributed by atoms with E-state index in [1.807, 2.05) is 26.8 Å². The van der Waals surface area contributed by atoms with Crippen molar-refractivity contribution in [1.82, 2.24) is 15.2 Å². The smallest absolute Gasteiger partial charge is 0.414 e. The number of amides is 2. The topological polar surface area (TPSA) is 146 Å². The summed E-state index contributed by atoms with van der Waals surface area (Å²) in [6.07, 6.45) is 3.92. The van der Waals surface area contributed by atoms with E-state index in [2.05, 4.69) is 20.5 Å². The molecular weight excluding hydrogens is 600 g/mol. The lowest BCUT2D eigenvalue weighted by Gasteiger charge is -2.32. The Morgan fingerprint density at radius 1 is 1.11 bits per heavy atom. The second kappa shape index (κ2) is 14.9. The molecule has 0 aliphatic carbocycles. The van der Waals surface area contributed by atoms with E-state index in [0.29, 0.717) is 49.1 Å². The molecule has 2 aliphatic heterocycles. The summed E-state index contributed by atoms with van der Waals surface area (Å²) in [5, 5.41) is 14.9. The normalized spacial score (nSPS) is 15.6. The van der Waals surface area contributed by atoms with Gasteiger partial charge in [-0.2, -0.15) is 0 Å². The van der Waals surface area contributed by atoms with E-state index < -0.39 is 17.6 Å². The van der Waals surface area contributed by atoms with Gasteiger partial charge in [0.15, 0.2) is 0 Å². The maximum Gasteiger partial charge on any atom is 0.414 e. The van der Waals surface area contributed by atoms with Gasteiger partial charge in [-0.1, -0.05) is 11.6 Å². The zero-order chi connectivity index (χ0) is 32.7. The van der Waals surface area contributed by atoms with Gasteiger partial charge in [0.2, 0.25) is 0 Å². The molecule has 1 saturated heterocycles. The van der Waals surface area contributed by atoms with Crippen molar-refractivity contribution in [2.75, 3.05) is 56.7 Å². The highest BCUT2D eigenvalue weighted by molar-refractivity contribution is 6.45. The van der Waals surface area contributed by atoms with Crippen molar-refractivity contribution < 1.29 is 28.6 Å². The highest BCUT2D eigenvalue weighted by Crippen LogP contribution is 2.39. The van der Waals surface area contributed by atoms with E-state index in [9.17, 15) is 14.4 Å². The van der Waals surface area contributed by atoms with E-state index in [-0.39, 0.29) is 28.3 Å². The van der Waals surface area contributed by atoms with E-state index in [4.69, 9.17) is 31.2 Å². The molecule has 1 aromatic heterocycles. The molecule has 12 nitrogen and oxygen atoms in total. The number of likely N-dealkylation sites (tertiary alicyclic amines) is 1. The fourth-order valence-electron chi connectivity index (χ4n) is 5.45. The number of hydrogen-bond acceptors (Lipinski definition) is 10. The summed E-state index contributed by atoms with van der Waals surface area (Å²) in [4.78, 5) is 45.9. The van der Waals surface area contributed by atoms with E-state index in [1.165, 1.54) is 13.3 Å². The van der Waals surface area contributed by atoms with Crippen molar-refractivity contribution >= 4 is 52.3 Å². The van der Waals surface area contributed by atoms with Crippen LogP contribution in [0, 0.1) is 11.3 Å². The minimum absolute atomic E-state index is 0.0788. The number of aromatic nitrogens is 1. The van der Waals surface area contributed by atoms with E-state index in [0.717, 1.165) is 44.3 Å². The molecule has 0 bridgehead atoms. The van der Waals surface area contributed by atoms with Gasteiger partial charge in [0.25, 0.3) is 5.91 Å². The molecule has 0 saturated carbocycles. The van der Waals surface area contributed by atoms with Crippen molar-refractivity contribution in [2.24, 2.45) is 5.92 Å². The number of fused-ring (bicyclic) bond motifs is 1. The molecule has 13 heteroatoms. The number of rotatable bonds is 10. The molecule has 3 N–H and O–H groups in total. The summed E-state index contributed by atoms with van der Waals surface area (Å²) in [5.41, 5.74) is 2.01. The average Bonchev–Trinajstić information content (AvgIpc) is 2.99. The summed E-state index contributed by atoms with van der Waals surface area (Å²) < 4.78 is 16.4.